The molecule has 12 heterocycles. The van der Waals surface area contributed by atoms with Crippen LogP contribution in [0.4, 0.5) is 0 Å². The van der Waals surface area contributed by atoms with Crippen molar-refractivity contribution in [3.8, 4) is 68.4 Å². The predicted octanol–water partition coefficient (Wildman–Crippen LogP) is 14.0. The molecule has 0 amide bonds. The number of rotatable bonds is 13. The number of carboxylic acid groups (broad SMARTS) is 4. The third-order valence-corrected chi connectivity index (χ3v) is 14.9. The smallest absolute Gasteiger partial charge is 0.335 e. The molecule has 26 nitrogen and oxygen atoms in total. The average molecular weight is 1360 g/mol. The number of hydrogen-bond acceptors (Lipinski definition) is 20. The van der Waals surface area contributed by atoms with Crippen LogP contribution in [0.2, 0.25) is 0 Å². The number of aliphatic hydroxyl groups excluding tert-OH is 1. The number of H-pyrrole nitrogens is 2. The lowest BCUT2D eigenvalue weighted by Crippen LogP contribution is -2.00. The van der Waals surface area contributed by atoms with E-state index < -0.39 is 30.7 Å². The Balaban J connectivity index is 0.000000137. The molecule has 16 aromatic rings. The van der Waals surface area contributed by atoms with Gasteiger partial charge in [0.1, 0.15) is 23.1 Å². The van der Waals surface area contributed by atoms with Crippen molar-refractivity contribution in [3.05, 3.63) is 266 Å². The van der Waals surface area contributed by atoms with Crippen molar-refractivity contribution in [2.45, 2.75) is 14.9 Å². The van der Waals surface area contributed by atoms with E-state index in [4.69, 9.17) is 45.0 Å². The van der Waals surface area contributed by atoms with Crippen molar-refractivity contribution in [2.75, 3.05) is 6.79 Å². The van der Waals surface area contributed by atoms with Crippen LogP contribution >= 0.6 is 0 Å². The van der Waals surface area contributed by atoms with Crippen LogP contribution in [0.25, 0.3) is 123 Å². The second kappa shape index (κ2) is 32.5. The number of carbonyl (C=O) groups is 5. The number of ether oxygens (including phenoxy) is 2. The molecule has 0 saturated heterocycles. The van der Waals surface area contributed by atoms with Crippen LogP contribution in [0.15, 0.2) is 244 Å². The Bertz CT molecular complexity index is 5150. The number of nitrogens with zero attached hydrogens (tertiary/aromatic N) is 12. The number of fused-ring (bicyclic) bond motifs is 12. The fourth-order valence-electron chi connectivity index (χ4n) is 10.4. The lowest BCUT2D eigenvalue weighted by Gasteiger charge is -2.05. The zero-order valence-corrected chi connectivity index (χ0v) is 51.8. The minimum Gasteiger partial charge on any atom is -0.478 e. The Morgan fingerprint density at radius 3 is 0.980 bits per heavy atom. The molecule has 4 aromatic carbocycles. The number of nitrogens with one attached hydrogen (secondary N) is 2. The van der Waals surface area contributed by atoms with Crippen LogP contribution in [0.3, 0.4) is 0 Å². The van der Waals surface area contributed by atoms with Gasteiger partial charge in [0.05, 0.1) is 101 Å². The summed E-state index contributed by atoms with van der Waals surface area (Å²) in [5.74, 6) is -1.72. The molecule has 26 heteroatoms. The van der Waals surface area contributed by atoms with Crippen LogP contribution in [-0.2, 0) is 4.79 Å². The molecular formula is C76H58N14O12. The van der Waals surface area contributed by atoms with Crippen molar-refractivity contribution in [1.29, 1.82) is 0 Å². The summed E-state index contributed by atoms with van der Waals surface area (Å²) in [4.78, 5) is 112. The Morgan fingerprint density at radius 2 is 0.647 bits per heavy atom. The third kappa shape index (κ3) is 16.0. The molecule has 0 fully saturated rings. The largest absolute Gasteiger partial charge is 0.478 e. The number of aliphatic hydroxyl groups is 1. The second-order valence-corrected chi connectivity index (χ2v) is 21.1. The Hall–Kier alpha value is -14.5. The SMILES string of the molecule is C.C.O=C(O)c1ccnc(-c2cc(C(=O)O)ccn2)c1.O=C(O)c1ccnc(-c2cc(C(=O)O)ccn2)c1.O=COc1ccnc(-c2cc(OCO)ccn2)c1.c1ccc(-c2nc3c4cccnc4c4ncccc4c3[nH]2)cc1.c1ccc(-c2nc3c4cccnc4c4ncccc4c3[nH]2)cc1. The van der Waals surface area contributed by atoms with Gasteiger partial charge in [-0.15, -0.1) is 0 Å². The molecule has 0 saturated carbocycles. The van der Waals surface area contributed by atoms with Gasteiger partial charge in [0.15, 0.2) is 6.79 Å². The minimum atomic E-state index is -1.08. The van der Waals surface area contributed by atoms with Gasteiger partial charge in [0, 0.05) is 107 Å². The molecule has 102 heavy (non-hydrogen) atoms. The third-order valence-electron chi connectivity index (χ3n) is 14.9. The van der Waals surface area contributed by atoms with Crippen molar-refractivity contribution in [2.24, 2.45) is 0 Å². The monoisotopic (exact) mass is 1360 g/mol. The van der Waals surface area contributed by atoms with Crippen LogP contribution < -0.4 is 9.47 Å². The van der Waals surface area contributed by atoms with Gasteiger partial charge in [-0.2, -0.15) is 0 Å². The lowest BCUT2D eigenvalue weighted by atomic mass is 10.1. The summed E-state index contributed by atoms with van der Waals surface area (Å²) >= 11 is 0. The number of pyridine rings is 10. The summed E-state index contributed by atoms with van der Waals surface area (Å²) in [7, 11) is 0. The topological polar surface area (TPSA) is 391 Å². The molecule has 0 aliphatic rings. The van der Waals surface area contributed by atoms with E-state index in [1.165, 1.54) is 85.7 Å². The van der Waals surface area contributed by atoms with Gasteiger partial charge in [-0.05, 0) is 109 Å². The van der Waals surface area contributed by atoms with Crippen molar-refractivity contribution in [1.82, 2.24) is 69.8 Å². The molecule has 0 aliphatic carbocycles. The quantitative estimate of drug-likeness (QED) is 0.0320. The van der Waals surface area contributed by atoms with E-state index in [9.17, 15) is 24.0 Å². The number of hydrogen-bond donors (Lipinski definition) is 7. The van der Waals surface area contributed by atoms with Crippen molar-refractivity contribution in [3.63, 3.8) is 0 Å². The first-order chi connectivity index (χ1) is 48.8. The summed E-state index contributed by atoms with van der Waals surface area (Å²) in [6.07, 6.45) is 15.6. The number of aromatic amines is 2. The highest BCUT2D eigenvalue weighted by Gasteiger charge is 2.18. The van der Waals surface area contributed by atoms with Crippen LogP contribution in [0.1, 0.15) is 56.3 Å². The summed E-state index contributed by atoms with van der Waals surface area (Å²) in [6, 6.07) is 53.5. The maximum atomic E-state index is 10.8. The van der Waals surface area contributed by atoms with Crippen molar-refractivity contribution >= 4 is 96.0 Å². The summed E-state index contributed by atoms with van der Waals surface area (Å²) in [6.45, 7) is -0.0665. The maximum absolute atomic E-state index is 10.8. The summed E-state index contributed by atoms with van der Waals surface area (Å²) in [5.41, 5.74) is 12.3. The molecule has 7 N–H and O–H groups in total. The first-order valence-corrected chi connectivity index (χ1v) is 30.0. The van der Waals surface area contributed by atoms with Gasteiger partial charge < -0.3 is 45.0 Å². The van der Waals surface area contributed by atoms with E-state index in [0.717, 1.165) is 88.5 Å². The molecule has 12 aromatic heterocycles. The zero-order valence-electron chi connectivity index (χ0n) is 51.8. The Labute approximate surface area is 578 Å². The molecule has 0 aliphatic heterocycles. The molecule has 0 bridgehead atoms. The van der Waals surface area contributed by atoms with Crippen molar-refractivity contribution < 1.29 is 59.0 Å². The standard InChI is InChI=1S/2C19H12N4.C12H10N2O4.2C12H8N2O4.2CH4/c2*1-2-6-12(7-3-1)19-22-17-13-8-4-10-20-15(13)16-14(18(17)23-19)9-5-11-21-16;15-7-17-9-1-3-13-11(5-9)12-6-10(18-8-16)2-4-14-12;2*15-11(16)7-1-3-13-9(5-7)10-6-8(12(17)18)2-4-14-10;;/h2*1-11H,(H,22,23);1-7,16H,8H2;2*1-6H,(H,15,16)(H,17,18);2*1H4. The van der Waals surface area contributed by atoms with Crippen LogP contribution in [0.5, 0.6) is 11.5 Å². The molecule has 0 radical (unpaired) electrons. The maximum Gasteiger partial charge on any atom is 0.335 e. The average Bonchev–Trinajstić information content (AvgIpc) is 1.54. The minimum absolute atomic E-state index is 0. The second-order valence-electron chi connectivity index (χ2n) is 21.1. The van der Waals surface area contributed by atoms with Crippen LogP contribution in [-0.4, -0.2) is 132 Å². The molecule has 504 valence electrons. The van der Waals surface area contributed by atoms with Gasteiger partial charge in [0.25, 0.3) is 6.47 Å². The fourth-order valence-corrected chi connectivity index (χ4v) is 10.4. The number of aromatic carboxylic acids is 4. The normalized spacial score (nSPS) is 10.4. The Kier molecular flexibility index (Phi) is 22.4. The Morgan fingerprint density at radius 1 is 0.343 bits per heavy atom. The highest BCUT2D eigenvalue weighted by atomic mass is 16.6. The van der Waals surface area contributed by atoms with Gasteiger partial charge in [-0.25, -0.2) is 29.1 Å². The first kappa shape index (κ1) is 70.3. The van der Waals surface area contributed by atoms with Gasteiger partial charge >= 0.3 is 23.9 Å². The summed E-state index contributed by atoms with van der Waals surface area (Å²) < 4.78 is 9.67. The number of benzene rings is 4. The molecule has 0 spiro atoms. The predicted molar refractivity (Wildman–Crippen MR) is 382 cm³/mol. The zero-order chi connectivity index (χ0) is 69.5. The number of carbonyl (C=O) groups excluding carboxylic acids is 1. The van der Waals surface area contributed by atoms with E-state index >= 15 is 0 Å². The molecule has 0 unspecified atom stereocenters. The van der Waals surface area contributed by atoms with E-state index in [1.807, 2.05) is 60.7 Å². The van der Waals surface area contributed by atoms with Gasteiger partial charge in [-0.3, -0.25) is 54.6 Å². The van der Waals surface area contributed by atoms with Gasteiger partial charge in [-0.1, -0.05) is 75.5 Å². The fraction of sp³-hybridized carbons (Fsp3) is 0.0395. The number of carboxylic acids is 4. The molecule has 16 rings (SSSR count). The first-order valence-electron chi connectivity index (χ1n) is 30.0. The number of imidazole rings is 2. The van der Waals surface area contributed by atoms with E-state index in [2.05, 4.69) is 108 Å². The van der Waals surface area contributed by atoms with Crippen LogP contribution in [0, 0.1) is 0 Å². The van der Waals surface area contributed by atoms with Gasteiger partial charge in [0.2, 0.25) is 0 Å². The van der Waals surface area contributed by atoms with E-state index in [0.29, 0.717) is 52.1 Å². The summed E-state index contributed by atoms with van der Waals surface area (Å²) in [5, 5.41) is 48.2. The number of aromatic nitrogens is 14. The highest BCUT2D eigenvalue weighted by molar-refractivity contribution is 6.22. The molecule has 0 atom stereocenters. The lowest BCUT2D eigenvalue weighted by molar-refractivity contribution is -0.120. The highest BCUT2D eigenvalue weighted by Crippen LogP contribution is 2.35. The van der Waals surface area contributed by atoms with E-state index in [-0.39, 0.29) is 37.1 Å². The molecular weight excluding hydrogens is 1300 g/mol. The van der Waals surface area contributed by atoms with E-state index in [1.54, 1.807) is 49.1 Å².